The topological polar surface area (TPSA) is 155 Å². The second kappa shape index (κ2) is 25.0. The molecule has 6 aliphatic carbocycles. The van der Waals surface area contributed by atoms with E-state index in [9.17, 15) is 25.2 Å². The molecule has 74 heavy (non-hydrogen) atoms. The number of rotatable bonds is 15. The van der Waals surface area contributed by atoms with E-state index < -0.39 is 6.10 Å². The van der Waals surface area contributed by atoms with Gasteiger partial charge in [-0.05, 0) is 233 Å². The molecule has 0 unspecified atom stereocenters. The summed E-state index contributed by atoms with van der Waals surface area (Å²) in [6.45, 7) is 21.8. The molecule has 0 bridgehead atoms. The summed E-state index contributed by atoms with van der Waals surface area (Å²) >= 11 is 0. The SMILES string of the molecule is C=C1CC[C@H]2[C@H](CCN(Cc3ccc(OC)cc3)Cc3ccc(OC)cc3)[C@@H]([C@@]3(C)CC[C@H](O)C[C@@H]3O)CC[C@]12C.C=C1CC[C@H]2[C@H](CCN)[C@@H]([C@@]3(C)CC[C@H](O)C[C@@H]3O)CC[C@]12C.COc1ccc(C=O)cc1. The van der Waals surface area contributed by atoms with Crippen molar-refractivity contribution in [1.29, 1.82) is 0 Å². The first-order chi connectivity index (χ1) is 35.3. The van der Waals surface area contributed by atoms with Gasteiger partial charge in [0, 0.05) is 18.7 Å². The predicted molar refractivity (Wildman–Crippen MR) is 297 cm³/mol. The van der Waals surface area contributed by atoms with Crippen LogP contribution < -0.4 is 19.9 Å². The Bertz CT molecular complexity index is 2240. The predicted octanol–water partition coefficient (Wildman–Crippen LogP) is 11.8. The summed E-state index contributed by atoms with van der Waals surface area (Å²) in [7, 11) is 5.01. The molecule has 0 aromatic heterocycles. The molecule has 0 heterocycles. The third kappa shape index (κ3) is 12.5. The van der Waals surface area contributed by atoms with Crippen LogP contribution >= 0.6 is 0 Å². The van der Waals surface area contributed by atoms with Crippen LogP contribution in [0.25, 0.3) is 0 Å². The first-order valence-corrected chi connectivity index (χ1v) is 28.2. The van der Waals surface area contributed by atoms with Gasteiger partial charge in [0.05, 0.1) is 45.7 Å². The quantitative estimate of drug-likeness (QED) is 0.0734. The van der Waals surface area contributed by atoms with E-state index in [0.717, 1.165) is 108 Å². The van der Waals surface area contributed by atoms with Crippen LogP contribution in [-0.2, 0) is 13.1 Å². The number of hydrogen-bond acceptors (Lipinski definition) is 10. The van der Waals surface area contributed by atoms with E-state index in [0.29, 0.717) is 53.9 Å². The fourth-order valence-corrected chi connectivity index (χ4v) is 15.7. The summed E-state index contributed by atoms with van der Waals surface area (Å²) < 4.78 is 15.7. The van der Waals surface area contributed by atoms with E-state index in [2.05, 4.69) is 70.0 Å². The van der Waals surface area contributed by atoms with Crippen molar-refractivity contribution in [3.8, 4) is 17.2 Å². The molecular weight excluding hydrogens is 925 g/mol. The number of aldehydes is 1. The highest BCUT2D eigenvalue weighted by Crippen LogP contribution is 2.65. The van der Waals surface area contributed by atoms with Gasteiger partial charge in [0.2, 0.25) is 0 Å². The molecule has 0 radical (unpaired) electrons. The Morgan fingerprint density at radius 1 is 0.568 bits per heavy atom. The lowest BCUT2D eigenvalue weighted by Gasteiger charge is -2.56. The Kier molecular flexibility index (Phi) is 19.5. The van der Waals surface area contributed by atoms with Gasteiger partial charge in [-0.15, -0.1) is 0 Å². The molecule has 0 saturated heterocycles. The maximum absolute atomic E-state index is 11.4. The minimum Gasteiger partial charge on any atom is -0.497 e. The summed E-state index contributed by atoms with van der Waals surface area (Å²) in [5.74, 6) is 5.91. The third-order valence-electron chi connectivity index (χ3n) is 20.7. The summed E-state index contributed by atoms with van der Waals surface area (Å²) in [6.07, 6.45) is 15.4. The van der Waals surface area contributed by atoms with Gasteiger partial charge in [-0.2, -0.15) is 0 Å². The van der Waals surface area contributed by atoms with Crippen molar-refractivity contribution >= 4 is 6.29 Å². The van der Waals surface area contributed by atoms with Crippen molar-refractivity contribution in [2.45, 2.75) is 168 Å². The molecule has 6 aliphatic rings. The minimum absolute atomic E-state index is 0.0652. The van der Waals surface area contributed by atoms with Crippen molar-refractivity contribution in [2.75, 3.05) is 34.4 Å². The fourth-order valence-electron chi connectivity index (χ4n) is 15.7. The molecule has 0 amide bonds. The Morgan fingerprint density at radius 3 is 1.32 bits per heavy atom. The van der Waals surface area contributed by atoms with Crippen LogP contribution in [0.15, 0.2) is 97.1 Å². The lowest BCUT2D eigenvalue weighted by atomic mass is 9.50. The lowest BCUT2D eigenvalue weighted by molar-refractivity contribution is -0.121. The van der Waals surface area contributed by atoms with Crippen LogP contribution in [0.5, 0.6) is 17.2 Å². The zero-order valence-corrected chi connectivity index (χ0v) is 46.3. The number of ether oxygens (including phenoxy) is 3. The Labute approximate surface area is 445 Å². The van der Waals surface area contributed by atoms with Crippen molar-refractivity contribution < 1.29 is 39.4 Å². The molecule has 6 saturated carbocycles. The Morgan fingerprint density at radius 2 is 0.959 bits per heavy atom. The smallest absolute Gasteiger partial charge is 0.150 e. The third-order valence-corrected chi connectivity index (χ3v) is 20.7. The van der Waals surface area contributed by atoms with E-state index in [1.165, 1.54) is 54.4 Å². The van der Waals surface area contributed by atoms with Gasteiger partial charge in [-0.3, -0.25) is 9.69 Å². The highest BCUT2D eigenvalue weighted by atomic mass is 16.5. The van der Waals surface area contributed by atoms with E-state index in [1.54, 1.807) is 45.6 Å². The molecule has 9 rings (SSSR count). The summed E-state index contributed by atoms with van der Waals surface area (Å²) in [4.78, 5) is 12.7. The molecule has 10 heteroatoms. The summed E-state index contributed by atoms with van der Waals surface area (Å²) in [5.41, 5.74) is 12.4. The molecule has 0 aliphatic heterocycles. The number of nitrogens with two attached hydrogens (primary N) is 1. The Hall–Kier alpha value is -4.03. The Balaban J connectivity index is 0.000000201. The van der Waals surface area contributed by atoms with Gasteiger partial charge < -0.3 is 40.4 Å². The number of nitrogens with zero attached hydrogens (tertiary/aromatic N) is 1. The average Bonchev–Trinajstić information content (AvgIpc) is 3.89. The average molecular weight is 1020 g/mol. The second-order valence-electron chi connectivity index (χ2n) is 24.5. The highest BCUT2D eigenvalue weighted by Gasteiger charge is 2.58. The molecule has 6 N–H and O–H groups in total. The number of methoxy groups -OCH3 is 3. The summed E-state index contributed by atoms with van der Waals surface area (Å²) in [5, 5.41) is 42.4. The van der Waals surface area contributed by atoms with Crippen molar-refractivity contribution in [3.63, 3.8) is 0 Å². The zero-order valence-electron chi connectivity index (χ0n) is 46.3. The van der Waals surface area contributed by atoms with E-state index in [-0.39, 0.29) is 40.0 Å². The second-order valence-corrected chi connectivity index (χ2v) is 24.5. The molecule has 0 spiro atoms. The highest BCUT2D eigenvalue weighted by molar-refractivity contribution is 5.74. The summed E-state index contributed by atoms with van der Waals surface area (Å²) in [6, 6.07) is 23.8. The molecule has 14 atom stereocenters. The van der Waals surface area contributed by atoms with Crippen LogP contribution in [0.3, 0.4) is 0 Å². The van der Waals surface area contributed by atoms with Gasteiger partial charge in [-0.1, -0.05) is 76.3 Å². The number of benzene rings is 3. The van der Waals surface area contributed by atoms with Crippen molar-refractivity contribution in [1.82, 2.24) is 4.90 Å². The molecule has 6 fully saturated rings. The number of aliphatic hydroxyl groups is 4. The van der Waals surface area contributed by atoms with Crippen LogP contribution in [0, 0.1) is 57.2 Å². The first kappa shape index (κ1) is 57.7. The van der Waals surface area contributed by atoms with E-state index in [1.807, 2.05) is 24.3 Å². The standard InChI is InChI=1S/C36H51NO4.C20H35NO2.C8H8O2/c1-25-6-15-32-31(33(17-20-35(25,32)2)36(3)19-16-28(38)22-34(36)39)18-21-37(23-26-7-11-29(40-4)12-8-26)24-27-9-13-30(41-5)14-10-27;1-13-4-5-16-15(8-11-21)17(7-10-19(13,16)2)20(3)9-6-14(22)12-18(20)23;1-10-8-4-2-7(6-9)3-5-8/h7-14,28,31-34,38-39H,1,6,15-24H2,2-5H3;14-18,22-23H,1,4-12,21H2,2-3H3;2-6H,1H3/t28-,31-,32-,33-,34-,35+,36+;14-,15-,16-,17-,18-,19+,20+;/m00./s1. The molecule has 3 aromatic rings. The maximum Gasteiger partial charge on any atom is 0.150 e. The zero-order chi connectivity index (χ0) is 53.4. The number of carbonyl (C=O) groups excluding carboxylic acids is 1. The molecule has 408 valence electrons. The molecule has 3 aromatic carbocycles. The number of aliphatic hydroxyl groups excluding tert-OH is 4. The van der Waals surface area contributed by atoms with Gasteiger partial charge >= 0.3 is 0 Å². The van der Waals surface area contributed by atoms with Crippen molar-refractivity contribution in [2.24, 2.45) is 62.9 Å². The maximum atomic E-state index is 11.4. The molecule has 10 nitrogen and oxygen atoms in total. The van der Waals surface area contributed by atoms with Crippen LogP contribution in [0.4, 0.5) is 0 Å². The fraction of sp³-hybridized carbons (Fsp3) is 0.641. The van der Waals surface area contributed by atoms with Crippen LogP contribution in [0.1, 0.15) is 152 Å². The minimum atomic E-state index is -0.442. The van der Waals surface area contributed by atoms with Gasteiger partial charge in [0.25, 0.3) is 0 Å². The van der Waals surface area contributed by atoms with Crippen molar-refractivity contribution in [3.05, 3.63) is 114 Å². The van der Waals surface area contributed by atoms with E-state index >= 15 is 0 Å². The molecular formula is C64H94N2O8. The largest absolute Gasteiger partial charge is 0.497 e. The van der Waals surface area contributed by atoms with Gasteiger partial charge in [0.1, 0.15) is 23.5 Å². The van der Waals surface area contributed by atoms with Gasteiger partial charge in [-0.25, -0.2) is 0 Å². The van der Waals surface area contributed by atoms with Crippen LogP contribution in [0.2, 0.25) is 0 Å². The monoisotopic (exact) mass is 1020 g/mol. The number of hydrogen-bond donors (Lipinski definition) is 5. The van der Waals surface area contributed by atoms with Crippen LogP contribution in [-0.4, -0.2) is 90.4 Å². The number of fused-ring (bicyclic) bond motifs is 2. The number of allylic oxidation sites excluding steroid dienone is 2. The normalized spacial score (nSPS) is 35.6. The van der Waals surface area contributed by atoms with E-state index in [4.69, 9.17) is 19.9 Å². The number of carbonyl (C=O) groups is 1. The lowest BCUT2D eigenvalue weighted by Crippen LogP contribution is -2.52. The van der Waals surface area contributed by atoms with Gasteiger partial charge in [0.15, 0.2) is 0 Å². The first-order valence-electron chi connectivity index (χ1n) is 28.2.